The van der Waals surface area contributed by atoms with Gasteiger partial charge in [0.25, 0.3) is 0 Å². The van der Waals surface area contributed by atoms with Crippen LogP contribution >= 0.6 is 0 Å². The fraction of sp³-hybridized carbons (Fsp3) is 0.308. The Labute approximate surface area is 411 Å². The first-order chi connectivity index (χ1) is 24.7. The molecule has 0 aliphatic carbocycles. The Balaban J connectivity index is 0. The average Bonchev–Trinajstić information content (AvgIpc) is 2.99. The van der Waals surface area contributed by atoms with Gasteiger partial charge < -0.3 is 29.1 Å². The second-order valence-electron chi connectivity index (χ2n) is 16.2. The minimum atomic E-state index is -0.750. The topological polar surface area (TPSA) is 23.1 Å². The van der Waals surface area contributed by atoms with Gasteiger partial charge in [0.15, 0.2) is 0 Å². The second-order valence-corrected chi connectivity index (χ2v) is 16.2. The Morgan fingerprint density at radius 3 is 0.621 bits per heavy atom. The van der Waals surface area contributed by atoms with Gasteiger partial charge in [0.05, 0.1) is 0 Å². The Bertz CT molecular complexity index is 1870. The maximum Gasteiger partial charge on any atom is 1.00 e. The predicted molar refractivity (Wildman–Crippen MR) is 229 cm³/mol. The third kappa shape index (κ3) is 15.8. The van der Waals surface area contributed by atoms with Gasteiger partial charge in [0.2, 0.25) is 0 Å². The number of aryl methyl sites for hydroxylation is 12. The zero-order chi connectivity index (χ0) is 39.4. The molecule has 0 bridgehead atoms. The van der Waals surface area contributed by atoms with Crippen molar-refractivity contribution in [1.29, 1.82) is 0 Å². The van der Waals surface area contributed by atoms with Crippen LogP contribution in [-0.4, -0.2) is 5.60 Å². The van der Waals surface area contributed by atoms with Crippen LogP contribution in [0.5, 0.6) is 0 Å². The van der Waals surface area contributed by atoms with E-state index in [0.29, 0.717) is 0 Å². The van der Waals surface area contributed by atoms with Gasteiger partial charge in [0, 0.05) is 0 Å². The third-order valence-corrected chi connectivity index (χ3v) is 9.38. The van der Waals surface area contributed by atoms with E-state index >= 15 is 0 Å². The van der Waals surface area contributed by atoms with E-state index in [4.69, 9.17) is 0 Å². The molecule has 0 amide bonds. The molecule has 324 valence electrons. The zero-order valence-corrected chi connectivity index (χ0v) is 42.5. The zero-order valence-electron chi connectivity index (χ0n) is 36.6. The predicted octanol–water partition coefficient (Wildman–Crippen LogP) is 10.5. The van der Waals surface area contributed by atoms with E-state index in [0.717, 1.165) is 0 Å². The van der Waals surface area contributed by atoms with Gasteiger partial charge in [-0.05, 0) is 83.1 Å². The van der Waals surface area contributed by atoms with E-state index in [1.807, 2.05) is 0 Å². The molecule has 0 atom stereocenters. The maximum atomic E-state index is 10.1. The van der Waals surface area contributed by atoms with Crippen LogP contribution < -0.4 is 29.1 Å². The number of rotatable bonds is 4. The molecule has 0 saturated heterocycles. The van der Waals surface area contributed by atoms with Crippen molar-refractivity contribution < 1.29 is 97.4 Å². The summed E-state index contributed by atoms with van der Waals surface area (Å²) >= 11 is 0. The van der Waals surface area contributed by atoms with Gasteiger partial charge in [0.1, 0.15) is 0 Å². The molecular weight excluding hydrogens is 1020 g/mol. The first kappa shape index (κ1) is 58.2. The molecule has 6 heteroatoms. The molecule has 0 spiro atoms. The van der Waals surface area contributed by atoms with E-state index in [-0.39, 0.29) is 92.3 Å². The van der Waals surface area contributed by atoms with E-state index in [1.165, 1.54) is 111 Å². The Morgan fingerprint density at radius 1 is 0.345 bits per heavy atom. The van der Waals surface area contributed by atoms with Crippen molar-refractivity contribution >= 4 is 0 Å². The number of halogens is 1. The van der Waals surface area contributed by atoms with Crippen LogP contribution in [0.1, 0.15) is 87.5 Å². The van der Waals surface area contributed by atoms with E-state index < -0.39 is 5.60 Å². The van der Waals surface area contributed by atoms with Gasteiger partial charge in [-0.3, -0.25) is 0 Å². The first-order valence-electron chi connectivity index (χ1n) is 18.8. The fourth-order valence-corrected chi connectivity index (χ4v) is 7.94. The summed E-state index contributed by atoms with van der Waals surface area (Å²) in [6.07, 6.45) is 0. The number of benzene rings is 6. The average molecular weight is 1080 g/mol. The van der Waals surface area contributed by atoms with E-state index in [2.05, 4.69) is 180 Å². The van der Waals surface area contributed by atoms with Gasteiger partial charge in [-0.1, -0.05) is 158 Å². The molecule has 58 heavy (non-hydrogen) atoms. The summed E-state index contributed by atoms with van der Waals surface area (Å²) in [4.78, 5) is 0. The Morgan fingerprint density at radius 2 is 0.483 bits per heavy atom. The monoisotopic (exact) mass is 1080 g/mol. The van der Waals surface area contributed by atoms with E-state index in [1.54, 1.807) is 20.8 Å². The quantitative estimate of drug-likeness (QED) is 0.0980. The molecule has 0 N–H and O–H groups in total. The van der Waals surface area contributed by atoms with Crippen LogP contribution in [0, 0.1) is 95.2 Å². The normalized spacial score (nSPS) is 10.1. The van der Waals surface area contributed by atoms with Crippen molar-refractivity contribution in [3.63, 3.8) is 0 Å². The van der Waals surface area contributed by atoms with Gasteiger partial charge >= 0.3 is 68.3 Å². The van der Waals surface area contributed by atoms with Crippen LogP contribution in [-0.2, 0) is 68.3 Å². The van der Waals surface area contributed by atoms with Gasteiger partial charge in [-0.25, -0.2) is 0 Å². The Kier molecular flexibility index (Phi) is 25.2. The summed E-state index contributed by atoms with van der Waals surface area (Å²) in [5.74, 6) is 0. The molecule has 0 radical (unpaired) electrons. The van der Waals surface area contributed by atoms with Crippen molar-refractivity contribution in [3.8, 4) is 44.5 Å². The van der Waals surface area contributed by atoms with Crippen molar-refractivity contribution in [2.24, 2.45) is 0 Å². The summed E-state index contributed by atoms with van der Waals surface area (Å²) in [5, 5.41) is 10.1. The number of hydrogen-bond donors (Lipinski definition) is 0. The van der Waals surface area contributed by atoms with Crippen molar-refractivity contribution in [1.82, 2.24) is 0 Å². The largest absolute Gasteiger partial charge is 1.00 e. The molecule has 0 heterocycles. The summed E-state index contributed by atoms with van der Waals surface area (Å²) in [6, 6.07) is 38.4. The van der Waals surface area contributed by atoms with Crippen molar-refractivity contribution in [2.75, 3.05) is 0 Å². The first-order valence-corrected chi connectivity index (χ1v) is 18.8. The molecule has 0 saturated carbocycles. The molecular formula is C52H59Cu4IO. The fourth-order valence-electron chi connectivity index (χ4n) is 7.94. The summed E-state index contributed by atoms with van der Waals surface area (Å²) in [5.41, 5.74) is 25.0. The molecule has 6 rings (SSSR count). The van der Waals surface area contributed by atoms with Crippen LogP contribution in [0.4, 0.5) is 0 Å². The standard InChI is InChI=1S/2C24H25.C4H9O.4Cu.HI/c2*1-15-10-17(3)23(18(4)11-15)21-8-7-9-22(14-21)24-19(5)12-16(2)13-20(24)6;1-4(2,3)5;;;;;/h2*7-13H,1-6H3;1-3H3;;;;;1H/q3*-1;4*+1;/p-1. The minimum Gasteiger partial charge on any atom is -1.00 e. The minimum absolute atomic E-state index is 0. The van der Waals surface area contributed by atoms with Crippen LogP contribution in [0.15, 0.2) is 84.9 Å². The Hall–Kier alpha value is -1.91. The maximum absolute atomic E-state index is 10.1. The van der Waals surface area contributed by atoms with Crippen molar-refractivity contribution in [2.45, 2.75) is 109 Å². The molecule has 1 nitrogen and oxygen atoms in total. The molecule has 6 aromatic carbocycles. The SMILES string of the molecule is CC(C)(C)[O-].Cc1cc(C)c(-c2[c-]c(-c3c(C)cc(C)cc3C)ccc2)c(C)c1.Cc1cc(C)c(-c2[c-]c(-c3c(C)cc(C)cc3C)ccc2)c(C)c1.[Cu+].[Cu+].[Cu+].[Cu+].[I-]. The molecule has 6 aromatic rings. The third-order valence-electron chi connectivity index (χ3n) is 9.38. The molecule has 0 fully saturated rings. The summed E-state index contributed by atoms with van der Waals surface area (Å²) in [7, 11) is 0. The van der Waals surface area contributed by atoms with Crippen LogP contribution in [0.3, 0.4) is 0 Å². The molecule has 0 unspecified atom stereocenters. The molecule has 0 aromatic heterocycles. The smallest absolute Gasteiger partial charge is 1.00 e. The summed E-state index contributed by atoms with van der Waals surface area (Å²) < 4.78 is 0. The second kappa shape index (κ2) is 25.1. The van der Waals surface area contributed by atoms with Crippen LogP contribution in [0.2, 0.25) is 0 Å². The van der Waals surface area contributed by atoms with Crippen molar-refractivity contribution in [3.05, 3.63) is 164 Å². The number of hydrogen-bond acceptors (Lipinski definition) is 1. The summed E-state index contributed by atoms with van der Waals surface area (Å²) in [6.45, 7) is 31.1. The van der Waals surface area contributed by atoms with Gasteiger partial charge in [-0.15, -0.1) is 76.4 Å². The van der Waals surface area contributed by atoms with Gasteiger partial charge in [-0.2, -0.15) is 0 Å². The van der Waals surface area contributed by atoms with Crippen LogP contribution in [0.25, 0.3) is 44.5 Å². The van der Waals surface area contributed by atoms with E-state index in [9.17, 15) is 5.11 Å². The molecule has 0 aliphatic heterocycles. The molecule has 0 aliphatic rings.